The van der Waals surface area contributed by atoms with Crippen LogP contribution < -0.4 is 4.90 Å². The first-order valence-corrected chi connectivity index (χ1v) is 9.12. The molecule has 1 aliphatic carbocycles. The lowest BCUT2D eigenvalue weighted by atomic mass is 9.92. The van der Waals surface area contributed by atoms with Gasteiger partial charge in [0.05, 0.1) is 18.7 Å². The highest BCUT2D eigenvalue weighted by Gasteiger charge is 2.37. The zero-order valence-corrected chi connectivity index (χ0v) is 15.0. The van der Waals surface area contributed by atoms with Crippen LogP contribution in [0.4, 0.5) is 5.95 Å². The molecule has 2 aliphatic rings. The number of hydrogen-bond acceptors (Lipinski definition) is 6. The normalized spacial score (nSPS) is 22.3. The molecule has 1 unspecified atom stereocenters. The molecule has 0 saturated carbocycles. The van der Waals surface area contributed by atoms with Gasteiger partial charge in [-0.2, -0.15) is 5.10 Å². The number of β-amino-alcohol motifs (C(OH)–C–C–N with tert-alkyl or cyclic N) is 1. The van der Waals surface area contributed by atoms with Crippen molar-refractivity contribution in [3.05, 3.63) is 35.4 Å². The average molecular weight is 356 g/mol. The molecule has 1 aliphatic heterocycles. The van der Waals surface area contributed by atoms with Crippen LogP contribution in [-0.4, -0.2) is 68.4 Å². The fourth-order valence-corrected chi connectivity index (χ4v) is 4.06. The SMILES string of the molecule is CN(CC1(O)CCCN(c2ncccn2)C1)C(=O)c1n[nH]c2c1CCC2. The maximum Gasteiger partial charge on any atom is 0.274 e. The number of aromatic nitrogens is 4. The molecule has 26 heavy (non-hydrogen) atoms. The molecule has 8 nitrogen and oxygen atoms in total. The molecule has 0 bridgehead atoms. The summed E-state index contributed by atoms with van der Waals surface area (Å²) in [5.41, 5.74) is 1.63. The van der Waals surface area contributed by atoms with E-state index in [4.69, 9.17) is 0 Å². The average Bonchev–Trinajstić information content (AvgIpc) is 3.25. The van der Waals surface area contributed by atoms with Crippen molar-refractivity contribution in [2.75, 3.05) is 31.6 Å². The molecular weight excluding hydrogens is 332 g/mol. The van der Waals surface area contributed by atoms with Gasteiger partial charge in [-0.3, -0.25) is 9.89 Å². The van der Waals surface area contributed by atoms with E-state index in [1.165, 1.54) is 0 Å². The number of carbonyl (C=O) groups excluding carboxylic acids is 1. The van der Waals surface area contributed by atoms with E-state index < -0.39 is 5.60 Å². The smallest absolute Gasteiger partial charge is 0.274 e. The van der Waals surface area contributed by atoms with Crippen molar-refractivity contribution in [1.29, 1.82) is 0 Å². The van der Waals surface area contributed by atoms with Gasteiger partial charge in [0.2, 0.25) is 5.95 Å². The largest absolute Gasteiger partial charge is 0.386 e. The summed E-state index contributed by atoms with van der Waals surface area (Å²) in [4.78, 5) is 24.9. The van der Waals surface area contributed by atoms with Crippen LogP contribution in [0.2, 0.25) is 0 Å². The zero-order chi connectivity index (χ0) is 18.1. The summed E-state index contributed by atoms with van der Waals surface area (Å²) in [6.07, 6.45) is 7.78. The quantitative estimate of drug-likeness (QED) is 0.841. The van der Waals surface area contributed by atoms with Crippen molar-refractivity contribution in [3.8, 4) is 0 Å². The molecule has 4 rings (SSSR count). The number of nitrogens with one attached hydrogen (secondary N) is 1. The topological polar surface area (TPSA) is 98.2 Å². The lowest BCUT2D eigenvalue weighted by molar-refractivity contribution is -0.000471. The second-order valence-corrected chi connectivity index (χ2v) is 7.34. The Bertz CT molecular complexity index is 792. The number of aliphatic hydroxyl groups is 1. The van der Waals surface area contributed by atoms with Gasteiger partial charge in [0, 0.05) is 37.2 Å². The predicted molar refractivity (Wildman–Crippen MR) is 96.0 cm³/mol. The minimum absolute atomic E-state index is 0.133. The van der Waals surface area contributed by atoms with Crippen LogP contribution in [0.25, 0.3) is 0 Å². The van der Waals surface area contributed by atoms with Crippen LogP contribution in [-0.2, 0) is 12.8 Å². The van der Waals surface area contributed by atoms with Crippen LogP contribution in [0, 0.1) is 0 Å². The first-order chi connectivity index (χ1) is 12.6. The van der Waals surface area contributed by atoms with Gasteiger partial charge in [0.25, 0.3) is 5.91 Å². The van der Waals surface area contributed by atoms with Gasteiger partial charge in [-0.15, -0.1) is 0 Å². The standard InChI is InChI=1S/C18H24N6O2/c1-23(16(25)15-13-5-2-6-14(13)21-22-15)11-18(26)7-3-10-24(12-18)17-19-8-4-9-20-17/h4,8-9,26H,2-3,5-7,10-12H2,1H3,(H,21,22). The van der Waals surface area contributed by atoms with Gasteiger partial charge in [0.15, 0.2) is 5.69 Å². The molecule has 0 radical (unpaired) electrons. The van der Waals surface area contributed by atoms with Crippen LogP contribution >= 0.6 is 0 Å². The molecule has 2 aromatic rings. The summed E-state index contributed by atoms with van der Waals surface area (Å²) in [6.45, 7) is 1.47. The van der Waals surface area contributed by atoms with Gasteiger partial charge in [0.1, 0.15) is 0 Å². The number of anilines is 1. The lowest BCUT2D eigenvalue weighted by Crippen LogP contribution is -2.55. The number of amides is 1. The fraction of sp³-hybridized carbons (Fsp3) is 0.556. The molecule has 3 heterocycles. The number of fused-ring (bicyclic) bond motifs is 1. The fourth-order valence-electron chi connectivity index (χ4n) is 4.06. The summed E-state index contributed by atoms with van der Waals surface area (Å²) in [6, 6.07) is 1.77. The summed E-state index contributed by atoms with van der Waals surface area (Å²) in [7, 11) is 1.73. The third-order valence-electron chi connectivity index (χ3n) is 5.28. The minimum Gasteiger partial charge on any atom is -0.386 e. The van der Waals surface area contributed by atoms with Gasteiger partial charge >= 0.3 is 0 Å². The maximum atomic E-state index is 12.8. The molecule has 2 aromatic heterocycles. The monoisotopic (exact) mass is 356 g/mol. The van der Waals surface area contributed by atoms with Crippen molar-refractivity contribution >= 4 is 11.9 Å². The molecule has 2 N–H and O–H groups in total. The van der Waals surface area contributed by atoms with Crippen molar-refractivity contribution < 1.29 is 9.90 Å². The third kappa shape index (κ3) is 3.16. The third-order valence-corrected chi connectivity index (χ3v) is 5.28. The van der Waals surface area contributed by atoms with E-state index in [0.29, 0.717) is 24.6 Å². The Kier molecular flexibility index (Phi) is 4.36. The summed E-state index contributed by atoms with van der Waals surface area (Å²) < 4.78 is 0. The number of piperidine rings is 1. The summed E-state index contributed by atoms with van der Waals surface area (Å²) in [5.74, 6) is 0.482. The Hall–Kier alpha value is -2.48. The van der Waals surface area contributed by atoms with E-state index in [1.54, 1.807) is 30.4 Å². The number of rotatable bonds is 4. The Morgan fingerprint density at radius 3 is 2.96 bits per heavy atom. The van der Waals surface area contributed by atoms with Crippen molar-refractivity contribution in [2.45, 2.75) is 37.7 Å². The zero-order valence-electron chi connectivity index (χ0n) is 15.0. The first-order valence-electron chi connectivity index (χ1n) is 9.12. The van der Waals surface area contributed by atoms with Gasteiger partial charge in [-0.1, -0.05) is 0 Å². The van der Waals surface area contributed by atoms with Gasteiger partial charge in [-0.05, 0) is 38.2 Å². The Morgan fingerprint density at radius 1 is 1.35 bits per heavy atom. The Balaban J connectivity index is 1.45. The highest BCUT2D eigenvalue weighted by atomic mass is 16.3. The number of aryl methyl sites for hydroxylation is 1. The van der Waals surface area contributed by atoms with E-state index in [1.807, 2.05) is 4.90 Å². The molecule has 138 valence electrons. The number of nitrogens with zero attached hydrogens (tertiary/aromatic N) is 5. The van der Waals surface area contributed by atoms with E-state index in [9.17, 15) is 9.90 Å². The first kappa shape index (κ1) is 17.0. The summed E-state index contributed by atoms with van der Waals surface area (Å²) >= 11 is 0. The predicted octanol–water partition coefficient (Wildman–Crippen LogP) is 0.792. The Labute approximate surface area is 152 Å². The van der Waals surface area contributed by atoms with E-state index in [0.717, 1.165) is 43.5 Å². The number of H-pyrrole nitrogens is 1. The van der Waals surface area contributed by atoms with E-state index in [-0.39, 0.29) is 12.5 Å². The highest BCUT2D eigenvalue weighted by Crippen LogP contribution is 2.27. The maximum absolute atomic E-state index is 12.8. The summed E-state index contributed by atoms with van der Waals surface area (Å²) in [5, 5.41) is 18.3. The number of likely N-dealkylation sites (N-methyl/N-ethyl adjacent to an activating group) is 1. The van der Waals surface area contributed by atoms with Crippen molar-refractivity contribution in [3.63, 3.8) is 0 Å². The van der Waals surface area contributed by atoms with E-state index >= 15 is 0 Å². The number of carbonyl (C=O) groups is 1. The minimum atomic E-state index is -0.985. The molecule has 8 heteroatoms. The van der Waals surface area contributed by atoms with Gasteiger partial charge < -0.3 is 14.9 Å². The molecular formula is C18H24N6O2. The molecule has 0 spiro atoms. The van der Waals surface area contributed by atoms with Crippen LogP contribution in [0.5, 0.6) is 0 Å². The van der Waals surface area contributed by atoms with Crippen molar-refractivity contribution in [2.24, 2.45) is 0 Å². The van der Waals surface area contributed by atoms with Crippen LogP contribution in [0.3, 0.4) is 0 Å². The second kappa shape index (κ2) is 6.68. The molecule has 1 atom stereocenters. The Morgan fingerprint density at radius 2 is 2.15 bits per heavy atom. The lowest BCUT2D eigenvalue weighted by Gasteiger charge is -2.41. The van der Waals surface area contributed by atoms with Crippen molar-refractivity contribution in [1.82, 2.24) is 25.1 Å². The van der Waals surface area contributed by atoms with Crippen LogP contribution in [0.1, 0.15) is 41.0 Å². The van der Waals surface area contributed by atoms with E-state index in [2.05, 4.69) is 20.2 Å². The van der Waals surface area contributed by atoms with Gasteiger partial charge in [-0.25, -0.2) is 9.97 Å². The van der Waals surface area contributed by atoms with Crippen LogP contribution in [0.15, 0.2) is 18.5 Å². The second-order valence-electron chi connectivity index (χ2n) is 7.34. The molecule has 1 saturated heterocycles. The number of aromatic amines is 1. The molecule has 1 amide bonds. The molecule has 0 aromatic carbocycles. The number of hydrogen-bond donors (Lipinski definition) is 2. The molecule has 1 fully saturated rings. The highest BCUT2D eigenvalue weighted by molar-refractivity contribution is 5.94.